The van der Waals surface area contributed by atoms with Gasteiger partial charge in [0.1, 0.15) is 0 Å². The molecule has 0 aliphatic carbocycles. The van der Waals surface area contributed by atoms with Gasteiger partial charge in [0.2, 0.25) is 0 Å². The lowest BCUT2D eigenvalue weighted by atomic mass is 10.1. The van der Waals surface area contributed by atoms with Crippen LogP contribution in [0.2, 0.25) is 0 Å². The van der Waals surface area contributed by atoms with Crippen molar-refractivity contribution in [1.29, 1.82) is 0 Å². The Morgan fingerprint density at radius 2 is 1.93 bits per heavy atom. The minimum atomic E-state index is -0.849. The highest BCUT2D eigenvalue weighted by molar-refractivity contribution is 5.45. The molecule has 0 nitrogen and oxygen atoms in total. The Morgan fingerprint density at radius 3 is 2.43 bits per heavy atom. The van der Waals surface area contributed by atoms with Crippen LogP contribution < -0.4 is 10.4 Å². The molecular formula is C12H12F2. The maximum absolute atomic E-state index is 13.4. The fourth-order valence-corrected chi connectivity index (χ4v) is 1.24. The standard InChI is InChI=1S/C12H12F2/c1-7(2)5-10-8(3)6-9(4)11(13)12(10)14/h5-6H,1,3H2,2,4H3/b10-5+. The Balaban J connectivity index is 3.70. The lowest BCUT2D eigenvalue weighted by Crippen LogP contribution is -2.29. The summed E-state index contributed by atoms with van der Waals surface area (Å²) in [6, 6.07) is 1.52. The van der Waals surface area contributed by atoms with E-state index >= 15 is 0 Å². The predicted molar refractivity (Wildman–Crippen MR) is 55.1 cm³/mol. The minimum absolute atomic E-state index is 0.181. The molecule has 1 rings (SSSR count). The van der Waals surface area contributed by atoms with Gasteiger partial charge in [0.15, 0.2) is 11.6 Å². The summed E-state index contributed by atoms with van der Waals surface area (Å²) in [5.74, 6) is -1.66. The van der Waals surface area contributed by atoms with Crippen molar-refractivity contribution >= 4 is 12.7 Å². The van der Waals surface area contributed by atoms with E-state index in [1.807, 2.05) is 0 Å². The number of allylic oxidation sites excluding steroid dienone is 1. The van der Waals surface area contributed by atoms with Crippen molar-refractivity contribution in [3.05, 3.63) is 45.9 Å². The second-order valence-electron chi connectivity index (χ2n) is 3.38. The molecule has 0 bridgehead atoms. The Labute approximate surface area is 81.9 Å². The molecule has 1 aromatic rings. The van der Waals surface area contributed by atoms with Crippen LogP contribution in [0.5, 0.6) is 0 Å². The smallest absolute Gasteiger partial charge is 0.166 e. The van der Waals surface area contributed by atoms with E-state index in [1.54, 1.807) is 6.92 Å². The van der Waals surface area contributed by atoms with Gasteiger partial charge in [-0.05, 0) is 36.8 Å². The number of hydrogen-bond acceptors (Lipinski definition) is 0. The fourth-order valence-electron chi connectivity index (χ4n) is 1.24. The van der Waals surface area contributed by atoms with Gasteiger partial charge in [0.05, 0.1) is 0 Å². The second-order valence-corrected chi connectivity index (χ2v) is 3.38. The molecule has 0 N–H and O–H groups in total. The monoisotopic (exact) mass is 194 g/mol. The summed E-state index contributed by atoms with van der Waals surface area (Å²) in [6.07, 6.45) is 1.49. The molecule has 0 saturated carbocycles. The van der Waals surface area contributed by atoms with Crippen molar-refractivity contribution < 1.29 is 8.78 Å². The van der Waals surface area contributed by atoms with Gasteiger partial charge in [-0.2, -0.15) is 0 Å². The summed E-state index contributed by atoms with van der Waals surface area (Å²) >= 11 is 0. The molecule has 0 saturated heterocycles. The molecule has 0 radical (unpaired) electrons. The molecule has 0 spiro atoms. The normalized spacial score (nSPS) is 11.9. The van der Waals surface area contributed by atoms with E-state index in [9.17, 15) is 8.78 Å². The van der Waals surface area contributed by atoms with Crippen molar-refractivity contribution in [3.8, 4) is 0 Å². The van der Waals surface area contributed by atoms with Crippen molar-refractivity contribution in [3.63, 3.8) is 0 Å². The van der Waals surface area contributed by atoms with Crippen LogP contribution in [0, 0.1) is 18.6 Å². The van der Waals surface area contributed by atoms with E-state index in [-0.39, 0.29) is 10.8 Å². The summed E-state index contributed by atoms with van der Waals surface area (Å²) in [6.45, 7) is 10.5. The molecule has 0 aromatic heterocycles. The molecule has 2 heteroatoms. The van der Waals surface area contributed by atoms with Crippen LogP contribution in [0.15, 0.2) is 18.2 Å². The second kappa shape index (κ2) is 3.74. The first kappa shape index (κ1) is 10.6. The average molecular weight is 194 g/mol. The lowest BCUT2D eigenvalue weighted by molar-refractivity contribution is 0.496. The Bertz CT molecular complexity index is 484. The first-order valence-corrected chi connectivity index (χ1v) is 4.24. The van der Waals surface area contributed by atoms with Crippen LogP contribution in [0.25, 0.3) is 12.7 Å². The average Bonchev–Trinajstić information content (AvgIpc) is 2.09. The first-order chi connectivity index (χ1) is 6.43. The third kappa shape index (κ3) is 1.90. The van der Waals surface area contributed by atoms with E-state index in [1.165, 1.54) is 19.1 Å². The maximum atomic E-state index is 13.4. The van der Waals surface area contributed by atoms with Crippen LogP contribution in [0.3, 0.4) is 0 Å². The molecule has 0 heterocycles. The van der Waals surface area contributed by atoms with Crippen LogP contribution in [-0.2, 0) is 0 Å². The lowest BCUT2D eigenvalue weighted by Gasteiger charge is -1.99. The summed E-state index contributed by atoms with van der Waals surface area (Å²) in [4.78, 5) is 0. The van der Waals surface area contributed by atoms with E-state index in [2.05, 4.69) is 13.2 Å². The largest absolute Gasteiger partial charge is 0.203 e. The number of aryl methyl sites for hydroxylation is 1. The van der Waals surface area contributed by atoms with Crippen molar-refractivity contribution in [2.24, 2.45) is 0 Å². The Morgan fingerprint density at radius 1 is 1.36 bits per heavy atom. The van der Waals surface area contributed by atoms with Gasteiger partial charge in [-0.15, -0.1) is 0 Å². The van der Waals surface area contributed by atoms with Gasteiger partial charge >= 0.3 is 0 Å². The van der Waals surface area contributed by atoms with Crippen LogP contribution in [0.4, 0.5) is 8.78 Å². The molecule has 0 unspecified atom stereocenters. The molecule has 0 aliphatic heterocycles. The number of halogens is 2. The SMILES string of the molecule is C=C(C)/C=c1/c(F)c(F)c(C)cc1=C. The van der Waals surface area contributed by atoms with Gasteiger partial charge < -0.3 is 0 Å². The third-order valence-electron chi connectivity index (χ3n) is 1.90. The van der Waals surface area contributed by atoms with Gasteiger partial charge in [0, 0.05) is 5.22 Å². The van der Waals surface area contributed by atoms with Crippen molar-refractivity contribution in [2.75, 3.05) is 0 Å². The molecule has 0 fully saturated rings. The van der Waals surface area contributed by atoms with E-state index in [4.69, 9.17) is 0 Å². The van der Waals surface area contributed by atoms with Gasteiger partial charge in [0.25, 0.3) is 0 Å². The quantitative estimate of drug-likeness (QED) is 0.641. The minimum Gasteiger partial charge on any atom is -0.203 e. The van der Waals surface area contributed by atoms with E-state index in [0.717, 1.165) is 0 Å². The Hall–Kier alpha value is -1.44. The number of hydrogen-bond donors (Lipinski definition) is 0. The summed E-state index contributed by atoms with van der Waals surface area (Å²) in [5, 5.41) is 0.657. The summed E-state index contributed by atoms with van der Waals surface area (Å²) in [7, 11) is 0. The number of rotatable bonds is 1. The van der Waals surface area contributed by atoms with Gasteiger partial charge in [-0.1, -0.05) is 18.7 Å². The molecule has 74 valence electrons. The first-order valence-electron chi connectivity index (χ1n) is 4.24. The zero-order valence-electron chi connectivity index (χ0n) is 8.32. The predicted octanol–water partition coefficient (Wildman–Crippen LogP) is 2.04. The van der Waals surface area contributed by atoms with Crippen molar-refractivity contribution in [1.82, 2.24) is 0 Å². The third-order valence-corrected chi connectivity index (χ3v) is 1.90. The zero-order chi connectivity index (χ0) is 10.9. The summed E-state index contributed by atoms with van der Waals surface area (Å²) < 4.78 is 26.6. The van der Waals surface area contributed by atoms with Crippen molar-refractivity contribution in [2.45, 2.75) is 13.8 Å². The topological polar surface area (TPSA) is 0 Å². The maximum Gasteiger partial charge on any atom is 0.166 e. The van der Waals surface area contributed by atoms with E-state index < -0.39 is 11.6 Å². The van der Waals surface area contributed by atoms with Crippen LogP contribution in [-0.4, -0.2) is 0 Å². The summed E-state index contributed by atoms with van der Waals surface area (Å²) in [5.41, 5.74) is 0.934. The number of benzene rings is 1. The molecule has 0 amide bonds. The van der Waals surface area contributed by atoms with Crippen LogP contribution >= 0.6 is 0 Å². The van der Waals surface area contributed by atoms with Gasteiger partial charge in [-0.3, -0.25) is 0 Å². The fraction of sp³-hybridized carbons (Fsp3) is 0.167. The highest BCUT2D eigenvalue weighted by Crippen LogP contribution is 2.03. The zero-order valence-corrected chi connectivity index (χ0v) is 8.32. The van der Waals surface area contributed by atoms with E-state index in [0.29, 0.717) is 10.8 Å². The highest BCUT2D eigenvalue weighted by atomic mass is 19.2. The molecular weight excluding hydrogens is 182 g/mol. The molecule has 14 heavy (non-hydrogen) atoms. The molecule has 0 aliphatic rings. The van der Waals surface area contributed by atoms with Crippen LogP contribution in [0.1, 0.15) is 12.5 Å². The van der Waals surface area contributed by atoms with Gasteiger partial charge in [-0.25, -0.2) is 8.78 Å². The molecule has 1 aromatic carbocycles. The highest BCUT2D eigenvalue weighted by Gasteiger charge is 2.06. The Kier molecular flexibility index (Phi) is 2.84. The molecule has 0 atom stereocenters.